The van der Waals surface area contributed by atoms with Crippen LogP contribution in [0.15, 0.2) is 57.1 Å². The standard InChI is InChI=1S/C19H21N5O5S/c1-4-29-19(26)16-11(2)21-13-7-5-6-8-14(13)22-18(16)23-30(27,28)12-9-15(17(20)25)24(3)10-12/h5-10,21H,4H2,1-3H3,(H2,20,25)(H,22,23). The quantitative estimate of drug-likeness (QED) is 0.610. The highest BCUT2D eigenvalue weighted by Gasteiger charge is 2.28. The van der Waals surface area contributed by atoms with E-state index in [9.17, 15) is 18.0 Å². The maximum absolute atomic E-state index is 13.0. The van der Waals surface area contributed by atoms with Crippen LogP contribution in [0.2, 0.25) is 0 Å². The number of hydrogen-bond acceptors (Lipinski definition) is 6. The number of nitrogens with two attached hydrogens (primary N) is 1. The van der Waals surface area contributed by atoms with Crippen molar-refractivity contribution in [2.75, 3.05) is 17.2 Å². The Labute approximate surface area is 173 Å². The zero-order valence-corrected chi connectivity index (χ0v) is 17.4. The van der Waals surface area contributed by atoms with Crippen molar-refractivity contribution in [1.82, 2.24) is 4.57 Å². The summed E-state index contributed by atoms with van der Waals surface area (Å²) < 4.78 is 36.2. The number of aromatic nitrogens is 1. The summed E-state index contributed by atoms with van der Waals surface area (Å²) in [5.74, 6) is -1.71. The third-order valence-corrected chi connectivity index (χ3v) is 5.58. The van der Waals surface area contributed by atoms with Crippen molar-refractivity contribution in [3.63, 3.8) is 0 Å². The Hall–Kier alpha value is -3.60. The van der Waals surface area contributed by atoms with E-state index < -0.39 is 21.9 Å². The molecule has 1 aliphatic heterocycles. The smallest absolute Gasteiger partial charge is 0.343 e. The zero-order chi connectivity index (χ0) is 22.1. The highest BCUT2D eigenvalue weighted by Crippen LogP contribution is 2.29. The van der Waals surface area contributed by atoms with Gasteiger partial charge in [0.2, 0.25) is 0 Å². The normalized spacial score (nSPS) is 15.1. The summed E-state index contributed by atoms with van der Waals surface area (Å²) in [5.41, 5.74) is 6.74. The number of primary amides is 1. The molecule has 1 aromatic heterocycles. The van der Waals surface area contributed by atoms with Gasteiger partial charge in [-0.2, -0.15) is 8.42 Å². The summed E-state index contributed by atoms with van der Waals surface area (Å²) in [5, 5.41) is 5.97. The molecule has 2 heterocycles. The summed E-state index contributed by atoms with van der Waals surface area (Å²) in [6, 6.07) is 8.15. The molecule has 1 aromatic carbocycles. The Balaban J connectivity index is 2.16. The van der Waals surface area contributed by atoms with E-state index in [4.69, 9.17) is 10.5 Å². The van der Waals surface area contributed by atoms with Gasteiger partial charge in [0.05, 0.1) is 18.0 Å². The number of nitrogens with zero attached hydrogens (tertiary/aromatic N) is 2. The van der Waals surface area contributed by atoms with Gasteiger partial charge in [0.25, 0.3) is 15.9 Å². The van der Waals surface area contributed by atoms with Crippen LogP contribution in [-0.4, -0.2) is 37.3 Å². The van der Waals surface area contributed by atoms with Gasteiger partial charge in [-0.05, 0) is 32.0 Å². The lowest BCUT2D eigenvalue weighted by molar-refractivity contribution is -0.137. The molecule has 0 spiro atoms. The number of para-hydroxylation sites is 2. The molecule has 158 valence electrons. The van der Waals surface area contributed by atoms with Crippen molar-refractivity contribution in [2.24, 2.45) is 17.2 Å². The number of carbonyl (C=O) groups is 2. The van der Waals surface area contributed by atoms with E-state index in [2.05, 4.69) is 15.0 Å². The summed E-state index contributed by atoms with van der Waals surface area (Å²) in [4.78, 5) is 23.8. The van der Waals surface area contributed by atoms with Gasteiger partial charge in [-0.3, -0.25) is 4.79 Å². The molecule has 0 saturated carbocycles. The molecule has 0 unspecified atom stereocenters. The second kappa shape index (κ2) is 8.03. The molecular weight excluding hydrogens is 410 g/mol. The van der Waals surface area contributed by atoms with E-state index >= 15 is 0 Å². The first-order valence-corrected chi connectivity index (χ1v) is 10.4. The van der Waals surface area contributed by atoms with Crippen molar-refractivity contribution in [1.29, 1.82) is 0 Å². The van der Waals surface area contributed by atoms with E-state index in [1.807, 2.05) is 0 Å². The van der Waals surface area contributed by atoms with Gasteiger partial charge in [0.1, 0.15) is 16.2 Å². The first kappa shape index (κ1) is 21.1. The lowest BCUT2D eigenvalue weighted by Gasteiger charge is -2.11. The summed E-state index contributed by atoms with van der Waals surface area (Å²) in [6.07, 6.45) is 1.23. The van der Waals surface area contributed by atoms with Gasteiger partial charge in [-0.1, -0.05) is 12.1 Å². The highest BCUT2D eigenvalue weighted by molar-refractivity contribution is 7.90. The first-order chi connectivity index (χ1) is 14.1. The molecule has 2 aromatic rings. The molecule has 0 atom stereocenters. The number of ether oxygens (including phenoxy) is 1. The van der Waals surface area contributed by atoms with Crippen LogP contribution in [0.5, 0.6) is 0 Å². The van der Waals surface area contributed by atoms with Crippen molar-refractivity contribution in [3.05, 3.63) is 53.5 Å². The molecule has 0 fully saturated rings. The van der Waals surface area contributed by atoms with Gasteiger partial charge < -0.3 is 25.7 Å². The van der Waals surface area contributed by atoms with Gasteiger partial charge in [-0.25, -0.2) is 4.79 Å². The number of carbonyl (C=O) groups excluding carboxylic acids is 2. The van der Waals surface area contributed by atoms with Crippen molar-refractivity contribution in [3.8, 4) is 0 Å². The largest absolute Gasteiger partial charge is 0.462 e. The molecule has 1 aliphatic rings. The third-order valence-electron chi connectivity index (χ3n) is 4.34. The molecule has 0 aliphatic carbocycles. The molecule has 10 nitrogen and oxygen atoms in total. The number of amidine groups is 1. The molecule has 11 heteroatoms. The van der Waals surface area contributed by atoms with Gasteiger partial charge >= 0.3 is 5.97 Å². The molecule has 4 N–H and O–H groups in total. The number of nitrogens with one attached hydrogen (secondary N) is 2. The van der Waals surface area contributed by atoms with Gasteiger partial charge in [-0.15, -0.1) is 4.40 Å². The fourth-order valence-electron chi connectivity index (χ4n) is 2.95. The number of fused-ring (bicyclic) bond motifs is 1. The third kappa shape index (κ3) is 4.06. The van der Waals surface area contributed by atoms with Crippen LogP contribution in [0.3, 0.4) is 0 Å². The number of allylic oxidation sites excluding steroid dienone is 1. The van der Waals surface area contributed by atoms with Crippen LogP contribution in [-0.2, 0) is 26.6 Å². The van der Waals surface area contributed by atoms with Crippen LogP contribution < -0.4 is 16.4 Å². The minimum absolute atomic E-state index is 0.00644. The minimum atomic E-state index is -4.29. The highest BCUT2D eigenvalue weighted by atomic mass is 32.2. The topological polar surface area (TPSA) is 145 Å². The Kier molecular flexibility index (Phi) is 5.65. The molecule has 0 bridgehead atoms. The predicted molar refractivity (Wildman–Crippen MR) is 112 cm³/mol. The maximum atomic E-state index is 13.0. The second-order valence-electron chi connectivity index (χ2n) is 6.47. The predicted octanol–water partition coefficient (Wildman–Crippen LogP) is 1.59. The zero-order valence-electron chi connectivity index (χ0n) is 16.6. The Morgan fingerprint density at radius 2 is 1.83 bits per heavy atom. The van der Waals surface area contributed by atoms with Crippen LogP contribution in [0, 0.1) is 0 Å². The van der Waals surface area contributed by atoms with Gasteiger partial charge in [0, 0.05) is 18.9 Å². The molecule has 3 rings (SSSR count). The van der Waals surface area contributed by atoms with E-state index in [0.29, 0.717) is 17.1 Å². The summed E-state index contributed by atoms with van der Waals surface area (Å²) >= 11 is 0. The van der Waals surface area contributed by atoms with Crippen molar-refractivity contribution < 1.29 is 22.7 Å². The Morgan fingerprint density at radius 3 is 2.40 bits per heavy atom. The van der Waals surface area contributed by atoms with E-state index in [1.165, 1.54) is 17.8 Å². The van der Waals surface area contributed by atoms with Crippen LogP contribution in [0.25, 0.3) is 0 Å². The second-order valence-corrected chi connectivity index (χ2v) is 8.07. The van der Waals surface area contributed by atoms with Crippen LogP contribution in [0.4, 0.5) is 11.4 Å². The van der Waals surface area contributed by atoms with Crippen LogP contribution in [0.1, 0.15) is 24.3 Å². The monoisotopic (exact) mass is 431 g/mol. The lowest BCUT2D eigenvalue weighted by Crippen LogP contribution is -2.25. The van der Waals surface area contributed by atoms with E-state index in [1.54, 1.807) is 38.1 Å². The number of hydrogen-bond donors (Lipinski definition) is 3. The Bertz CT molecular complexity index is 1190. The fourth-order valence-corrected chi connectivity index (χ4v) is 3.98. The molecule has 0 radical (unpaired) electrons. The Morgan fingerprint density at radius 1 is 1.20 bits per heavy atom. The lowest BCUT2D eigenvalue weighted by atomic mass is 10.2. The van der Waals surface area contributed by atoms with Crippen LogP contribution >= 0.6 is 0 Å². The maximum Gasteiger partial charge on any atom is 0.343 e. The molecule has 1 amide bonds. The molecular formula is C19H21N5O5S. The average molecular weight is 431 g/mol. The first-order valence-electron chi connectivity index (χ1n) is 8.96. The van der Waals surface area contributed by atoms with Gasteiger partial charge in [0.15, 0.2) is 5.84 Å². The number of aryl methyl sites for hydroxylation is 1. The van der Waals surface area contributed by atoms with Crippen molar-refractivity contribution >= 4 is 39.1 Å². The molecule has 30 heavy (non-hydrogen) atoms. The number of anilines is 2. The summed E-state index contributed by atoms with van der Waals surface area (Å²) in [7, 11) is -2.80. The summed E-state index contributed by atoms with van der Waals surface area (Å²) in [6.45, 7) is 3.36. The van der Waals surface area contributed by atoms with Crippen molar-refractivity contribution in [2.45, 2.75) is 18.7 Å². The fraction of sp³-hybridized carbons (Fsp3) is 0.211. The number of esters is 1. The SMILES string of the molecule is CCOC(=O)C1=C(C)Nc2ccccc2N/C1=N/S(=O)(=O)c1cc(C(N)=O)n(C)c1. The number of rotatable bonds is 5. The number of benzene rings is 1. The number of amides is 1. The molecule has 0 saturated heterocycles. The van der Waals surface area contributed by atoms with E-state index in [0.717, 1.165) is 6.07 Å². The number of sulfonamides is 1. The van der Waals surface area contributed by atoms with E-state index in [-0.39, 0.29) is 28.6 Å². The average Bonchev–Trinajstić information content (AvgIpc) is 3.00. The minimum Gasteiger partial charge on any atom is -0.462 e.